The molecule has 5 atom stereocenters. The van der Waals surface area contributed by atoms with Crippen molar-refractivity contribution in [3.63, 3.8) is 0 Å². The van der Waals surface area contributed by atoms with Crippen LogP contribution in [0, 0.1) is 17.8 Å². The van der Waals surface area contributed by atoms with Crippen LogP contribution in [0.2, 0.25) is 0 Å². The number of halogens is 1. The lowest BCUT2D eigenvalue weighted by Gasteiger charge is -2.54. The van der Waals surface area contributed by atoms with Crippen molar-refractivity contribution >= 4 is 17.4 Å². The van der Waals surface area contributed by atoms with Crippen molar-refractivity contribution in [2.75, 3.05) is 0 Å². The van der Waals surface area contributed by atoms with E-state index < -0.39 is 0 Å². The van der Waals surface area contributed by atoms with Gasteiger partial charge in [0.25, 0.3) is 0 Å². The maximum Gasteiger partial charge on any atom is 0.136 e. The number of alkyl halides is 1. The third-order valence-corrected chi connectivity index (χ3v) is 7.04. The van der Waals surface area contributed by atoms with Gasteiger partial charge in [-0.05, 0) is 71.6 Å². The summed E-state index contributed by atoms with van der Waals surface area (Å²) >= 11 is 6.47. The van der Waals surface area contributed by atoms with Gasteiger partial charge < -0.3 is 4.74 Å². The SMILES string of the molecule is CC1=C[C@H]2[C@@H](CC1)C(=O)CC[C@@H]2[C@@]1(C)CC[C@H](Cl)C(C)(C)O1. The number of ether oxygens (including phenoxy) is 1. The number of rotatable bonds is 1. The number of fused-ring (bicyclic) bond motifs is 1. The largest absolute Gasteiger partial charge is 0.368 e. The van der Waals surface area contributed by atoms with Gasteiger partial charge >= 0.3 is 0 Å². The number of carbonyl (C=O) groups excluding carboxylic acids is 1. The molecule has 124 valence electrons. The van der Waals surface area contributed by atoms with Crippen molar-refractivity contribution in [2.24, 2.45) is 17.8 Å². The Labute approximate surface area is 139 Å². The molecule has 0 radical (unpaired) electrons. The van der Waals surface area contributed by atoms with E-state index in [1.807, 2.05) is 0 Å². The fourth-order valence-corrected chi connectivity index (χ4v) is 5.16. The number of hydrogen-bond acceptors (Lipinski definition) is 2. The Kier molecular flexibility index (Phi) is 4.23. The van der Waals surface area contributed by atoms with Crippen LogP contribution in [0.4, 0.5) is 0 Å². The van der Waals surface area contributed by atoms with Crippen molar-refractivity contribution in [2.45, 2.75) is 82.8 Å². The lowest BCUT2D eigenvalue weighted by atomic mass is 9.60. The van der Waals surface area contributed by atoms with E-state index in [0.29, 0.717) is 17.6 Å². The van der Waals surface area contributed by atoms with E-state index in [1.165, 1.54) is 5.57 Å². The quantitative estimate of drug-likeness (QED) is 0.507. The minimum atomic E-state index is -0.293. The fraction of sp³-hybridized carbons (Fsp3) is 0.842. The second-order valence-electron chi connectivity index (χ2n) is 8.37. The van der Waals surface area contributed by atoms with Gasteiger partial charge in [-0.25, -0.2) is 0 Å². The maximum atomic E-state index is 12.4. The van der Waals surface area contributed by atoms with Crippen LogP contribution < -0.4 is 0 Å². The molecule has 3 rings (SSSR count). The summed E-state index contributed by atoms with van der Waals surface area (Å²) in [6.07, 6.45) is 8.16. The average Bonchev–Trinajstić information content (AvgIpc) is 2.43. The molecular formula is C19H29ClO2. The summed E-state index contributed by atoms with van der Waals surface area (Å²) in [5.41, 5.74) is 0.987. The van der Waals surface area contributed by atoms with Crippen LogP contribution in [0.3, 0.4) is 0 Å². The lowest BCUT2D eigenvalue weighted by molar-refractivity contribution is -0.201. The molecule has 1 saturated heterocycles. The number of Topliss-reactive ketones (excluding diaryl/α,β-unsaturated/α-hetero) is 1. The smallest absolute Gasteiger partial charge is 0.136 e. The second kappa shape index (κ2) is 5.63. The highest BCUT2D eigenvalue weighted by atomic mass is 35.5. The molecule has 2 fully saturated rings. The topological polar surface area (TPSA) is 26.3 Å². The van der Waals surface area contributed by atoms with Gasteiger partial charge in [-0.1, -0.05) is 11.6 Å². The van der Waals surface area contributed by atoms with Gasteiger partial charge in [0.2, 0.25) is 0 Å². The Morgan fingerprint density at radius 2 is 1.91 bits per heavy atom. The minimum Gasteiger partial charge on any atom is -0.368 e. The van der Waals surface area contributed by atoms with Gasteiger partial charge in [0, 0.05) is 12.3 Å². The molecule has 0 bridgehead atoms. The molecule has 3 heteroatoms. The van der Waals surface area contributed by atoms with Gasteiger partial charge in [-0.3, -0.25) is 4.79 Å². The highest BCUT2D eigenvalue weighted by Gasteiger charge is 2.52. The van der Waals surface area contributed by atoms with Crippen LogP contribution in [0.1, 0.15) is 66.2 Å². The number of hydrogen-bond donors (Lipinski definition) is 0. The normalized spacial score (nSPS) is 45.1. The van der Waals surface area contributed by atoms with Crippen LogP contribution in [-0.2, 0) is 9.53 Å². The predicted molar refractivity (Wildman–Crippen MR) is 90.1 cm³/mol. The molecule has 0 spiro atoms. The maximum absolute atomic E-state index is 12.4. The molecular weight excluding hydrogens is 296 g/mol. The Bertz CT molecular complexity index is 496. The van der Waals surface area contributed by atoms with Crippen LogP contribution in [-0.4, -0.2) is 22.4 Å². The lowest BCUT2D eigenvalue weighted by Crippen LogP contribution is -2.56. The first-order chi connectivity index (χ1) is 10.2. The Morgan fingerprint density at radius 3 is 2.59 bits per heavy atom. The zero-order chi connectivity index (χ0) is 16.1. The van der Waals surface area contributed by atoms with E-state index in [1.54, 1.807) is 0 Å². The molecule has 1 heterocycles. The molecule has 0 N–H and O–H groups in total. The van der Waals surface area contributed by atoms with E-state index >= 15 is 0 Å². The molecule has 0 aromatic carbocycles. The molecule has 22 heavy (non-hydrogen) atoms. The molecule has 1 saturated carbocycles. The van der Waals surface area contributed by atoms with Crippen LogP contribution >= 0.6 is 11.6 Å². The number of allylic oxidation sites excluding steroid dienone is 2. The van der Waals surface area contributed by atoms with Crippen molar-refractivity contribution in [1.82, 2.24) is 0 Å². The molecule has 2 nitrogen and oxygen atoms in total. The van der Waals surface area contributed by atoms with Crippen LogP contribution in [0.5, 0.6) is 0 Å². The minimum absolute atomic E-state index is 0.0743. The van der Waals surface area contributed by atoms with Crippen LogP contribution in [0.15, 0.2) is 11.6 Å². The summed E-state index contributed by atoms with van der Waals surface area (Å²) in [4.78, 5) is 12.4. The van der Waals surface area contributed by atoms with E-state index in [2.05, 4.69) is 33.8 Å². The zero-order valence-corrected chi connectivity index (χ0v) is 15.1. The molecule has 1 aliphatic heterocycles. The van der Waals surface area contributed by atoms with Gasteiger partial charge in [0.05, 0.1) is 16.6 Å². The molecule has 0 aromatic heterocycles. The van der Waals surface area contributed by atoms with Crippen molar-refractivity contribution in [1.29, 1.82) is 0 Å². The van der Waals surface area contributed by atoms with Gasteiger partial charge in [-0.2, -0.15) is 0 Å². The molecule has 2 aliphatic carbocycles. The first kappa shape index (κ1) is 16.5. The highest BCUT2D eigenvalue weighted by Crippen LogP contribution is 2.51. The Balaban J connectivity index is 1.89. The summed E-state index contributed by atoms with van der Waals surface area (Å²) in [5, 5.41) is 0.0743. The van der Waals surface area contributed by atoms with Crippen molar-refractivity contribution in [3.05, 3.63) is 11.6 Å². The standard InChI is InChI=1S/C19H29ClO2/c1-12-5-6-13-14(11-12)15(7-8-16(13)21)19(4)10-9-17(20)18(2,3)22-19/h11,13-15,17H,5-10H2,1-4H3/t13-,14+,15+,17+,19-/m1/s1. The number of ketones is 1. The van der Waals surface area contributed by atoms with E-state index in [-0.39, 0.29) is 22.5 Å². The number of carbonyl (C=O) groups is 1. The molecule has 3 aliphatic rings. The average molecular weight is 325 g/mol. The van der Waals surface area contributed by atoms with Gasteiger partial charge in [0.15, 0.2) is 0 Å². The van der Waals surface area contributed by atoms with E-state index in [9.17, 15) is 4.79 Å². The molecule has 0 aromatic rings. The Hall–Kier alpha value is -0.340. The van der Waals surface area contributed by atoms with Crippen LogP contribution in [0.25, 0.3) is 0 Å². The summed E-state index contributed by atoms with van der Waals surface area (Å²) in [6, 6.07) is 0. The van der Waals surface area contributed by atoms with Gasteiger partial charge in [-0.15, -0.1) is 11.6 Å². The Morgan fingerprint density at radius 1 is 1.18 bits per heavy atom. The van der Waals surface area contributed by atoms with Crippen molar-refractivity contribution in [3.8, 4) is 0 Å². The van der Waals surface area contributed by atoms with Gasteiger partial charge in [0.1, 0.15) is 5.78 Å². The predicted octanol–water partition coefficient (Wildman–Crippen LogP) is 4.89. The fourth-order valence-electron chi connectivity index (χ4n) is 5.00. The van der Waals surface area contributed by atoms with Crippen molar-refractivity contribution < 1.29 is 9.53 Å². The third-order valence-electron chi connectivity index (χ3n) is 6.30. The van der Waals surface area contributed by atoms with E-state index in [0.717, 1.165) is 38.5 Å². The highest BCUT2D eigenvalue weighted by molar-refractivity contribution is 6.21. The van der Waals surface area contributed by atoms with E-state index in [4.69, 9.17) is 16.3 Å². The second-order valence-corrected chi connectivity index (χ2v) is 8.90. The zero-order valence-electron chi connectivity index (χ0n) is 14.3. The monoisotopic (exact) mass is 324 g/mol. The summed E-state index contributed by atoms with van der Waals surface area (Å²) in [5.74, 6) is 1.50. The first-order valence-corrected chi connectivity index (χ1v) is 9.21. The summed E-state index contributed by atoms with van der Waals surface area (Å²) in [7, 11) is 0. The molecule has 0 unspecified atom stereocenters. The third kappa shape index (κ3) is 2.78. The first-order valence-electron chi connectivity index (χ1n) is 8.77. The summed E-state index contributed by atoms with van der Waals surface area (Å²) < 4.78 is 6.56. The summed E-state index contributed by atoms with van der Waals surface area (Å²) in [6.45, 7) is 8.67. The molecule has 0 amide bonds.